The van der Waals surface area contributed by atoms with Crippen LogP contribution in [-0.4, -0.2) is 0 Å². The minimum absolute atomic E-state index is 0.988. The van der Waals surface area contributed by atoms with Crippen LogP contribution < -0.4 is 0 Å². The number of hydrogen-bond donors (Lipinski definition) is 0. The van der Waals surface area contributed by atoms with Crippen molar-refractivity contribution in [3.63, 3.8) is 0 Å². The molecule has 0 aliphatic carbocycles. The van der Waals surface area contributed by atoms with E-state index in [0.717, 1.165) is 31.3 Å². The molecule has 0 radical (unpaired) electrons. The highest BCUT2D eigenvalue weighted by Gasteiger charge is 2.13. The maximum Gasteiger partial charge on any atom is 0.134 e. The Kier molecular flexibility index (Phi) is 8.11. The van der Waals surface area contributed by atoms with Crippen LogP contribution >= 0.6 is 0 Å². The molecule has 0 aliphatic rings. The van der Waals surface area contributed by atoms with Crippen LogP contribution in [-0.2, 0) is 19.3 Å². The van der Waals surface area contributed by atoms with E-state index in [9.17, 15) is 0 Å². The highest BCUT2D eigenvalue weighted by molar-refractivity contribution is 5.88. The van der Waals surface area contributed by atoms with Gasteiger partial charge in [0.25, 0.3) is 0 Å². The molecule has 1 aromatic heterocycles. The van der Waals surface area contributed by atoms with E-state index in [1.165, 1.54) is 49.9 Å². The third-order valence-electron chi connectivity index (χ3n) is 6.07. The maximum absolute atomic E-state index is 5.88. The van der Waals surface area contributed by atoms with Gasteiger partial charge in [-0.3, -0.25) is 0 Å². The second-order valence-corrected chi connectivity index (χ2v) is 8.61. The summed E-state index contributed by atoms with van der Waals surface area (Å²) in [6, 6.07) is 20.2. The number of benzene rings is 3. The molecule has 1 heterocycles. The molecule has 0 saturated heterocycles. The second kappa shape index (κ2) is 11.0. The first-order valence-corrected chi connectivity index (χ1v) is 11.7. The van der Waals surface area contributed by atoms with Crippen LogP contribution in [0.1, 0.15) is 53.6 Å². The molecule has 0 atom stereocenters. The average molecular weight is 425 g/mol. The van der Waals surface area contributed by atoms with E-state index < -0.39 is 0 Å². The first kappa shape index (κ1) is 23.6. The van der Waals surface area contributed by atoms with Crippen LogP contribution in [0.4, 0.5) is 0 Å². The molecule has 0 bridgehead atoms. The lowest BCUT2D eigenvalue weighted by atomic mass is 9.91. The topological polar surface area (TPSA) is 13.1 Å². The minimum Gasteiger partial charge on any atom is -0.464 e. The van der Waals surface area contributed by atoms with Gasteiger partial charge in [-0.25, -0.2) is 0 Å². The number of allylic oxidation sites excluding steroid dienone is 1. The van der Waals surface area contributed by atoms with Crippen LogP contribution in [0.15, 0.2) is 77.9 Å². The number of aryl methyl sites for hydroxylation is 6. The van der Waals surface area contributed by atoms with E-state index in [-0.39, 0.29) is 0 Å². The van der Waals surface area contributed by atoms with E-state index in [0.29, 0.717) is 0 Å². The van der Waals surface area contributed by atoms with E-state index in [1.54, 1.807) is 0 Å². The summed E-state index contributed by atoms with van der Waals surface area (Å²) in [5.74, 6) is 0. The summed E-state index contributed by atoms with van der Waals surface area (Å²) in [4.78, 5) is 0. The van der Waals surface area contributed by atoms with Gasteiger partial charge in [0.1, 0.15) is 5.58 Å². The van der Waals surface area contributed by atoms with Crippen LogP contribution in [0.3, 0.4) is 0 Å². The van der Waals surface area contributed by atoms with Crippen molar-refractivity contribution in [2.24, 2.45) is 0 Å². The fourth-order valence-corrected chi connectivity index (χ4v) is 4.05. The van der Waals surface area contributed by atoms with Crippen LogP contribution in [0, 0.1) is 20.8 Å². The Balaban J connectivity index is 0.000000668. The SMILES string of the molecule is C=CCC.CCc1coc2cc(CCc3ccc(C)cc3C)c(-c3ccc(C)cc3)cc12. The average Bonchev–Trinajstić information content (AvgIpc) is 3.20. The summed E-state index contributed by atoms with van der Waals surface area (Å²) in [5.41, 5.74) is 11.7. The van der Waals surface area contributed by atoms with Gasteiger partial charge in [0.05, 0.1) is 6.26 Å². The van der Waals surface area contributed by atoms with Gasteiger partial charge in [0, 0.05) is 5.39 Å². The van der Waals surface area contributed by atoms with Crippen molar-refractivity contribution < 1.29 is 4.42 Å². The summed E-state index contributed by atoms with van der Waals surface area (Å²) in [6.07, 6.45) is 7.91. The number of furan rings is 1. The van der Waals surface area contributed by atoms with E-state index >= 15 is 0 Å². The Labute approximate surface area is 193 Å². The number of rotatable bonds is 6. The molecule has 0 aliphatic heterocycles. The summed E-state index contributed by atoms with van der Waals surface area (Å²) in [6.45, 7) is 14.2. The van der Waals surface area contributed by atoms with Crippen molar-refractivity contribution in [1.29, 1.82) is 0 Å². The van der Waals surface area contributed by atoms with Crippen LogP contribution in [0.5, 0.6) is 0 Å². The van der Waals surface area contributed by atoms with E-state index in [4.69, 9.17) is 4.42 Å². The van der Waals surface area contributed by atoms with Crippen molar-refractivity contribution >= 4 is 11.0 Å². The van der Waals surface area contributed by atoms with Gasteiger partial charge in [0.2, 0.25) is 0 Å². The fourth-order valence-electron chi connectivity index (χ4n) is 4.05. The molecule has 0 N–H and O–H groups in total. The number of hydrogen-bond acceptors (Lipinski definition) is 1. The van der Waals surface area contributed by atoms with Gasteiger partial charge < -0.3 is 4.42 Å². The Morgan fingerprint density at radius 1 is 0.781 bits per heavy atom. The van der Waals surface area contributed by atoms with Crippen molar-refractivity contribution in [1.82, 2.24) is 0 Å². The van der Waals surface area contributed by atoms with Gasteiger partial charge in [-0.05, 0) is 92.0 Å². The summed E-state index contributed by atoms with van der Waals surface area (Å²) in [7, 11) is 0. The highest BCUT2D eigenvalue weighted by atomic mass is 16.3. The molecule has 1 heteroatoms. The molecule has 0 unspecified atom stereocenters. The monoisotopic (exact) mass is 424 g/mol. The predicted molar refractivity (Wildman–Crippen MR) is 140 cm³/mol. The van der Waals surface area contributed by atoms with E-state index in [2.05, 4.69) is 95.8 Å². The summed E-state index contributed by atoms with van der Waals surface area (Å²) < 4.78 is 5.88. The maximum atomic E-state index is 5.88. The first-order chi connectivity index (χ1) is 15.5. The smallest absolute Gasteiger partial charge is 0.134 e. The zero-order chi connectivity index (χ0) is 23.1. The standard InChI is InChI=1S/C27H28O.C4H8/c1-5-21-17-28-27-15-24(13-12-22-9-8-19(3)14-20(22)4)25(16-26(21)27)23-10-6-18(2)7-11-23;1-3-4-2/h6-11,14-17H,5,12-13H2,1-4H3;3H,1,4H2,2H3. The normalized spacial score (nSPS) is 10.7. The molecule has 0 amide bonds. The second-order valence-electron chi connectivity index (χ2n) is 8.61. The molecule has 0 saturated carbocycles. The number of fused-ring (bicyclic) bond motifs is 1. The predicted octanol–water partition coefficient (Wildman–Crippen LogP) is 8.96. The Morgan fingerprint density at radius 3 is 2.06 bits per heavy atom. The Bertz CT molecular complexity index is 1180. The van der Waals surface area contributed by atoms with Crippen molar-refractivity contribution in [2.45, 2.75) is 60.3 Å². The van der Waals surface area contributed by atoms with Gasteiger partial charge >= 0.3 is 0 Å². The lowest BCUT2D eigenvalue weighted by molar-refractivity contribution is 0.610. The largest absolute Gasteiger partial charge is 0.464 e. The highest BCUT2D eigenvalue weighted by Crippen LogP contribution is 2.33. The molecular weight excluding hydrogens is 388 g/mol. The molecular formula is C31H36O. The molecule has 0 fully saturated rings. The zero-order valence-electron chi connectivity index (χ0n) is 20.3. The molecule has 3 aromatic carbocycles. The molecule has 1 nitrogen and oxygen atoms in total. The third kappa shape index (κ3) is 5.59. The van der Waals surface area contributed by atoms with Crippen LogP contribution in [0.2, 0.25) is 0 Å². The van der Waals surface area contributed by atoms with E-state index in [1.807, 2.05) is 12.3 Å². The molecule has 4 rings (SSSR count). The fraction of sp³-hybridized carbons (Fsp3) is 0.290. The third-order valence-corrected chi connectivity index (χ3v) is 6.07. The molecule has 4 aromatic rings. The lowest BCUT2D eigenvalue weighted by Crippen LogP contribution is -1.97. The summed E-state index contributed by atoms with van der Waals surface area (Å²) >= 11 is 0. The molecule has 0 spiro atoms. The van der Waals surface area contributed by atoms with Crippen molar-refractivity contribution in [2.75, 3.05) is 0 Å². The van der Waals surface area contributed by atoms with Gasteiger partial charge in [-0.2, -0.15) is 0 Å². The van der Waals surface area contributed by atoms with Gasteiger partial charge in [-0.15, -0.1) is 6.58 Å². The molecule has 166 valence electrons. The van der Waals surface area contributed by atoms with Crippen LogP contribution in [0.25, 0.3) is 22.1 Å². The van der Waals surface area contributed by atoms with Crippen molar-refractivity contribution in [3.05, 3.63) is 107 Å². The lowest BCUT2D eigenvalue weighted by Gasteiger charge is -2.13. The summed E-state index contributed by atoms with van der Waals surface area (Å²) in [5, 5.41) is 1.24. The first-order valence-electron chi connectivity index (χ1n) is 11.7. The van der Waals surface area contributed by atoms with Crippen molar-refractivity contribution in [3.8, 4) is 11.1 Å². The van der Waals surface area contributed by atoms with Gasteiger partial charge in [0.15, 0.2) is 0 Å². The molecule has 32 heavy (non-hydrogen) atoms. The quantitative estimate of drug-likeness (QED) is 0.281. The Morgan fingerprint density at radius 2 is 1.44 bits per heavy atom. The zero-order valence-corrected chi connectivity index (χ0v) is 20.3. The minimum atomic E-state index is 0.988. The van der Waals surface area contributed by atoms with Gasteiger partial charge in [-0.1, -0.05) is 73.5 Å². The Hall–Kier alpha value is -3.06.